The molecule has 0 amide bonds. The second kappa shape index (κ2) is 6.17. The van der Waals surface area contributed by atoms with Crippen molar-refractivity contribution in [1.82, 2.24) is 4.98 Å². The normalized spacial score (nSPS) is 50.3. The van der Waals surface area contributed by atoms with Crippen molar-refractivity contribution in [3.05, 3.63) is 36.2 Å². The first kappa shape index (κ1) is 18.9. The van der Waals surface area contributed by atoms with Gasteiger partial charge in [-0.1, -0.05) is 32.9 Å². The number of hydrogen-bond donors (Lipinski definition) is 1. The minimum absolute atomic E-state index is 0.313. The maximum absolute atomic E-state index is 10.8. The van der Waals surface area contributed by atoms with Crippen molar-refractivity contribution in [3.63, 3.8) is 0 Å². The van der Waals surface area contributed by atoms with E-state index in [1.807, 2.05) is 6.20 Å². The highest BCUT2D eigenvalue weighted by Crippen LogP contribution is 2.68. The van der Waals surface area contributed by atoms with Gasteiger partial charge in [0.1, 0.15) is 0 Å². The third-order valence-corrected chi connectivity index (χ3v) is 9.88. The predicted molar refractivity (Wildman–Crippen MR) is 114 cm³/mol. The molecule has 0 aliphatic heterocycles. The summed E-state index contributed by atoms with van der Waals surface area (Å²) in [5.41, 5.74) is 3.19. The Kier molecular flexibility index (Phi) is 4.16. The molecule has 2 heteroatoms. The molecule has 1 heterocycles. The third kappa shape index (κ3) is 2.59. The Bertz CT molecular complexity index is 783. The molecule has 152 valence electrons. The lowest BCUT2D eigenvalue weighted by atomic mass is 9.42. The van der Waals surface area contributed by atoms with E-state index in [1.54, 1.807) is 5.57 Å². The van der Waals surface area contributed by atoms with Crippen LogP contribution in [0, 0.1) is 40.4 Å². The van der Waals surface area contributed by atoms with Crippen molar-refractivity contribution in [2.75, 3.05) is 0 Å². The zero-order chi connectivity index (χ0) is 19.7. The summed E-state index contributed by atoms with van der Waals surface area (Å²) >= 11 is 0. The van der Waals surface area contributed by atoms with E-state index in [2.05, 4.69) is 57.1 Å². The summed E-state index contributed by atoms with van der Waals surface area (Å²) < 4.78 is 0. The molecule has 0 radical (unpaired) electrons. The number of fused-ring (bicyclic) bond motifs is 5. The topological polar surface area (TPSA) is 33.1 Å². The molecule has 8 atom stereocenters. The lowest BCUT2D eigenvalue weighted by Gasteiger charge is -2.63. The average molecular weight is 380 g/mol. The van der Waals surface area contributed by atoms with Crippen LogP contribution in [-0.4, -0.2) is 15.7 Å². The van der Waals surface area contributed by atoms with Gasteiger partial charge in [0.05, 0.1) is 5.60 Å². The first-order valence-electron chi connectivity index (χ1n) is 11.6. The molecule has 5 unspecified atom stereocenters. The molecular weight excluding hydrogens is 342 g/mol. The third-order valence-electron chi connectivity index (χ3n) is 9.88. The number of allylic oxidation sites excluding steroid dienone is 2. The molecule has 1 aromatic rings. The van der Waals surface area contributed by atoms with Gasteiger partial charge in [0.15, 0.2) is 0 Å². The number of nitrogens with zero attached hydrogens (tertiary/aromatic N) is 1. The molecule has 5 rings (SSSR count). The summed E-state index contributed by atoms with van der Waals surface area (Å²) in [6, 6.07) is 4.34. The van der Waals surface area contributed by atoms with Gasteiger partial charge in [-0.25, -0.2) is 0 Å². The molecule has 1 N–H and O–H groups in total. The van der Waals surface area contributed by atoms with Gasteiger partial charge in [0.2, 0.25) is 0 Å². The van der Waals surface area contributed by atoms with Gasteiger partial charge in [-0.15, -0.1) is 0 Å². The summed E-state index contributed by atoms with van der Waals surface area (Å²) in [4.78, 5) is 4.41. The SMILES string of the molecule is CC1CC2C(CC[C@]3(C)C(c4cccnc4)=CCC23)[C@@]2(C)CC[C@@](C)(O)CC12. The number of aliphatic hydroxyl groups is 1. The van der Waals surface area contributed by atoms with Crippen LogP contribution in [0.4, 0.5) is 0 Å². The molecule has 1 aromatic heterocycles. The predicted octanol–water partition coefficient (Wildman–Crippen LogP) is 6.11. The molecule has 4 aliphatic rings. The number of aromatic nitrogens is 1. The van der Waals surface area contributed by atoms with E-state index in [9.17, 15) is 5.11 Å². The highest BCUT2D eigenvalue weighted by Gasteiger charge is 2.61. The van der Waals surface area contributed by atoms with E-state index >= 15 is 0 Å². The van der Waals surface area contributed by atoms with Crippen LogP contribution in [-0.2, 0) is 0 Å². The monoisotopic (exact) mass is 379 g/mol. The van der Waals surface area contributed by atoms with Gasteiger partial charge in [-0.3, -0.25) is 4.98 Å². The van der Waals surface area contributed by atoms with Gasteiger partial charge >= 0.3 is 0 Å². The zero-order valence-corrected chi connectivity index (χ0v) is 18.1. The second-order valence-corrected chi connectivity index (χ2v) is 11.5. The minimum atomic E-state index is -0.448. The molecule has 0 saturated heterocycles. The van der Waals surface area contributed by atoms with E-state index in [0.29, 0.717) is 16.7 Å². The van der Waals surface area contributed by atoms with Crippen molar-refractivity contribution >= 4 is 5.57 Å². The van der Waals surface area contributed by atoms with Crippen molar-refractivity contribution < 1.29 is 5.11 Å². The largest absolute Gasteiger partial charge is 0.390 e. The van der Waals surface area contributed by atoms with Crippen LogP contribution in [0.5, 0.6) is 0 Å². The van der Waals surface area contributed by atoms with Crippen LogP contribution >= 0.6 is 0 Å². The lowest BCUT2D eigenvalue weighted by molar-refractivity contribution is -0.158. The summed E-state index contributed by atoms with van der Waals surface area (Å²) in [6.45, 7) is 9.69. The average Bonchev–Trinajstić information content (AvgIpc) is 3.01. The minimum Gasteiger partial charge on any atom is -0.390 e. The quantitative estimate of drug-likeness (QED) is 0.638. The zero-order valence-electron chi connectivity index (χ0n) is 18.1. The van der Waals surface area contributed by atoms with E-state index in [-0.39, 0.29) is 0 Å². The van der Waals surface area contributed by atoms with Crippen molar-refractivity contribution in [1.29, 1.82) is 0 Å². The Morgan fingerprint density at radius 1 is 1.07 bits per heavy atom. The highest BCUT2D eigenvalue weighted by atomic mass is 16.3. The van der Waals surface area contributed by atoms with Crippen LogP contribution in [0.1, 0.15) is 78.2 Å². The molecule has 0 spiro atoms. The van der Waals surface area contributed by atoms with Crippen molar-refractivity contribution in [2.24, 2.45) is 40.4 Å². The fraction of sp³-hybridized carbons (Fsp3) is 0.731. The number of pyridine rings is 1. The Balaban J connectivity index is 1.46. The van der Waals surface area contributed by atoms with Crippen molar-refractivity contribution in [3.8, 4) is 0 Å². The lowest BCUT2D eigenvalue weighted by Crippen LogP contribution is -2.57. The molecule has 3 fully saturated rings. The first-order valence-corrected chi connectivity index (χ1v) is 11.6. The summed E-state index contributed by atoms with van der Waals surface area (Å²) in [5.74, 6) is 3.87. The standard InChI is InChI=1S/C26H37NO/c1-17-14-19-21-8-7-20(18-6-5-13-27-16-18)25(21,3)10-9-22(19)26(4)12-11-24(2,28)15-23(17)26/h5-7,13,16-17,19,21-23,28H,8-12,14-15H2,1-4H3/t17?,19?,21?,22?,23?,24-,25-,26-/m1/s1. The molecule has 4 aliphatic carbocycles. The van der Waals surface area contributed by atoms with Gasteiger partial charge in [-0.2, -0.15) is 0 Å². The van der Waals surface area contributed by atoms with E-state index < -0.39 is 5.60 Å². The molecule has 0 bridgehead atoms. The molecule has 28 heavy (non-hydrogen) atoms. The van der Waals surface area contributed by atoms with E-state index in [1.165, 1.54) is 37.7 Å². The van der Waals surface area contributed by atoms with Crippen LogP contribution in [0.25, 0.3) is 5.57 Å². The van der Waals surface area contributed by atoms with Crippen LogP contribution in [0.2, 0.25) is 0 Å². The van der Waals surface area contributed by atoms with E-state index in [0.717, 1.165) is 36.5 Å². The second-order valence-electron chi connectivity index (χ2n) is 11.5. The van der Waals surface area contributed by atoms with E-state index in [4.69, 9.17) is 0 Å². The van der Waals surface area contributed by atoms with Gasteiger partial charge < -0.3 is 5.11 Å². The molecular formula is C26H37NO. The maximum Gasteiger partial charge on any atom is 0.0623 e. The fourth-order valence-corrected chi connectivity index (χ4v) is 8.41. The maximum atomic E-state index is 10.8. The first-order chi connectivity index (χ1) is 13.2. The van der Waals surface area contributed by atoms with Crippen LogP contribution < -0.4 is 0 Å². The Morgan fingerprint density at radius 2 is 1.89 bits per heavy atom. The van der Waals surface area contributed by atoms with Crippen molar-refractivity contribution in [2.45, 2.75) is 78.2 Å². The molecule has 3 saturated carbocycles. The fourth-order valence-electron chi connectivity index (χ4n) is 8.41. The van der Waals surface area contributed by atoms with Crippen LogP contribution in [0.3, 0.4) is 0 Å². The Morgan fingerprint density at radius 3 is 2.64 bits per heavy atom. The Labute approximate surface area is 170 Å². The highest BCUT2D eigenvalue weighted by molar-refractivity contribution is 5.72. The summed E-state index contributed by atoms with van der Waals surface area (Å²) in [7, 11) is 0. The van der Waals surface area contributed by atoms with Gasteiger partial charge in [0, 0.05) is 12.4 Å². The molecule has 0 aromatic carbocycles. The van der Waals surface area contributed by atoms with Gasteiger partial charge in [-0.05, 0) is 109 Å². The number of rotatable bonds is 1. The smallest absolute Gasteiger partial charge is 0.0623 e. The van der Waals surface area contributed by atoms with Gasteiger partial charge in [0.25, 0.3) is 0 Å². The summed E-state index contributed by atoms with van der Waals surface area (Å²) in [5, 5.41) is 10.8. The molecule has 2 nitrogen and oxygen atoms in total. The number of hydrogen-bond acceptors (Lipinski definition) is 2. The van der Waals surface area contributed by atoms with Crippen LogP contribution in [0.15, 0.2) is 30.6 Å². The Hall–Kier alpha value is -1.15. The summed E-state index contributed by atoms with van der Waals surface area (Å²) in [6.07, 6.45) is 15.0.